The third kappa shape index (κ3) is 4.96. The third-order valence-electron chi connectivity index (χ3n) is 5.98. The van der Waals surface area contributed by atoms with E-state index in [-0.39, 0.29) is 20.1 Å². The van der Waals surface area contributed by atoms with Crippen LogP contribution >= 0.6 is 11.3 Å². The van der Waals surface area contributed by atoms with Crippen LogP contribution in [0.1, 0.15) is 11.3 Å². The summed E-state index contributed by atoms with van der Waals surface area (Å²) in [6.45, 7) is 4.08. The van der Waals surface area contributed by atoms with Crippen molar-refractivity contribution in [2.45, 2.75) is 13.8 Å². The second-order valence-corrected chi connectivity index (χ2v) is 9.32. The van der Waals surface area contributed by atoms with Gasteiger partial charge in [0.2, 0.25) is 5.71 Å². The van der Waals surface area contributed by atoms with Crippen LogP contribution < -0.4 is 0 Å². The summed E-state index contributed by atoms with van der Waals surface area (Å²) >= 11 is 1.67. The molecule has 2 aromatic carbocycles. The van der Waals surface area contributed by atoms with Crippen molar-refractivity contribution in [1.29, 1.82) is 0 Å². The first kappa shape index (κ1) is 25.0. The van der Waals surface area contributed by atoms with Gasteiger partial charge in [0, 0.05) is 42.8 Å². The standard InChI is InChI=1S/C20H13N2OS.C11H8N.Ir/c1-11-10-24-20-13(11)8-9-17(22-20)16-5-3-4-14-15-7-6-12(2)21-19(15)23-18(14)16;1-2-6-10(7-3-1)11-8-4-5-9-12-11;/h3-4,6-10H,1-2H3;1-6,8-9H;/q2*-1;. The number of hydrogen-bond donors (Lipinski definition) is 0. The van der Waals surface area contributed by atoms with Crippen molar-refractivity contribution >= 4 is 43.6 Å². The fourth-order valence-electron chi connectivity index (χ4n) is 4.16. The van der Waals surface area contributed by atoms with Gasteiger partial charge in [0.05, 0.1) is 5.58 Å². The smallest absolute Gasteiger partial charge is 0.216 e. The Balaban J connectivity index is 0.000000183. The van der Waals surface area contributed by atoms with Crippen LogP contribution in [0.25, 0.3) is 54.8 Å². The van der Waals surface area contributed by atoms with Crippen LogP contribution in [-0.2, 0) is 20.1 Å². The number of aromatic nitrogens is 3. The molecular weight excluding hydrogens is 655 g/mol. The third-order valence-corrected chi connectivity index (χ3v) is 6.98. The normalized spacial score (nSPS) is 10.8. The Hall–Kier alpha value is -3.70. The van der Waals surface area contributed by atoms with Crippen molar-refractivity contribution in [2.75, 3.05) is 0 Å². The molecule has 0 fully saturated rings. The number of pyridine rings is 3. The number of nitrogens with zero attached hydrogens (tertiary/aromatic N) is 3. The maximum absolute atomic E-state index is 6.06. The number of fused-ring (bicyclic) bond motifs is 4. The number of benzene rings is 2. The van der Waals surface area contributed by atoms with Gasteiger partial charge in [-0.1, -0.05) is 35.2 Å². The van der Waals surface area contributed by atoms with E-state index >= 15 is 0 Å². The molecule has 0 aliphatic carbocycles. The molecule has 0 amide bonds. The Labute approximate surface area is 232 Å². The van der Waals surface area contributed by atoms with Gasteiger partial charge in [-0.3, -0.25) is 4.98 Å². The molecule has 0 N–H and O–H groups in total. The number of rotatable bonds is 2. The van der Waals surface area contributed by atoms with E-state index in [4.69, 9.17) is 9.40 Å². The monoisotopic (exact) mass is 676 g/mol. The average molecular weight is 676 g/mol. The second-order valence-electron chi connectivity index (χ2n) is 8.46. The van der Waals surface area contributed by atoms with Crippen molar-refractivity contribution in [3.8, 4) is 22.5 Å². The summed E-state index contributed by atoms with van der Waals surface area (Å²) in [5, 5.41) is 5.42. The van der Waals surface area contributed by atoms with Gasteiger partial charge in [-0.05, 0) is 54.4 Å². The summed E-state index contributed by atoms with van der Waals surface area (Å²) in [5.41, 5.74) is 7.45. The number of aryl methyl sites for hydroxylation is 2. The van der Waals surface area contributed by atoms with Crippen LogP contribution in [0.2, 0.25) is 0 Å². The zero-order valence-electron chi connectivity index (χ0n) is 20.2. The second kappa shape index (κ2) is 10.7. The van der Waals surface area contributed by atoms with Crippen LogP contribution in [0.15, 0.2) is 94.9 Å². The zero-order chi connectivity index (χ0) is 24.5. The zero-order valence-corrected chi connectivity index (χ0v) is 23.4. The molecule has 0 saturated heterocycles. The first-order valence-electron chi connectivity index (χ1n) is 11.6. The maximum Gasteiger partial charge on any atom is 0.216 e. The van der Waals surface area contributed by atoms with E-state index in [0.717, 1.165) is 49.4 Å². The Morgan fingerprint density at radius 3 is 2.43 bits per heavy atom. The van der Waals surface area contributed by atoms with Crippen molar-refractivity contribution in [2.24, 2.45) is 0 Å². The molecule has 0 spiro atoms. The maximum atomic E-state index is 6.06. The number of furan rings is 1. The van der Waals surface area contributed by atoms with Crippen LogP contribution in [0.3, 0.4) is 0 Å². The van der Waals surface area contributed by atoms with Crippen LogP contribution in [0.4, 0.5) is 0 Å². The Bertz CT molecular complexity index is 1770. The first-order valence-corrected chi connectivity index (χ1v) is 12.5. The number of thiophene rings is 1. The molecule has 1 radical (unpaired) electrons. The van der Waals surface area contributed by atoms with Gasteiger partial charge in [-0.25, -0.2) is 4.98 Å². The van der Waals surface area contributed by atoms with E-state index in [1.165, 1.54) is 10.9 Å². The van der Waals surface area contributed by atoms with Crippen LogP contribution in [0, 0.1) is 26.0 Å². The van der Waals surface area contributed by atoms with Gasteiger partial charge in [0.25, 0.3) is 0 Å². The van der Waals surface area contributed by atoms with Gasteiger partial charge in [-0.2, -0.15) is 0 Å². The molecule has 7 aromatic rings. The molecule has 0 bridgehead atoms. The summed E-state index contributed by atoms with van der Waals surface area (Å²) in [7, 11) is 0. The summed E-state index contributed by atoms with van der Waals surface area (Å²) in [6, 6.07) is 32.3. The van der Waals surface area contributed by atoms with Crippen molar-refractivity contribution < 1.29 is 24.5 Å². The van der Waals surface area contributed by atoms with E-state index < -0.39 is 0 Å². The molecule has 7 rings (SSSR count). The molecule has 0 aliphatic rings. The molecule has 4 nitrogen and oxygen atoms in total. The molecule has 0 atom stereocenters. The minimum atomic E-state index is 0. The Kier molecular flexibility index (Phi) is 7.24. The molecule has 183 valence electrons. The summed E-state index contributed by atoms with van der Waals surface area (Å²) in [4.78, 5) is 14.6. The van der Waals surface area contributed by atoms with E-state index in [1.807, 2.05) is 73.7 Å². The molecule has 0 unspecified atom stereocenters. The largest absolute Gasteiger partial charge is 0.486 e. The van der Waals surface area contributed by atoms with E-state index in [2.05, 4.69) is 46.5 Å². The molecule has 5 heterocycles. The van der Waals surface area contributed by atoms with E-state index in [9.17, 15) is 0 Å². The molecule has 37 heavy (non-hydrogen) atoms. The van der Waals surface area contributed by atoms with Gasteiger partial charge in [-0.15, -0.1) is 65.4 Å². The molecule has 0 saturated carbocycles. The Morgan fingerprint density at radius 2 is 1.62 bits per heavy atom. The Morgan fingerprint density at radius 1 is 0.757 bits per heavy atom. The molecule has 5 aromatic heterocycles. The van der Waals surface area contributed by atoms with E-state index in [0.29, 0.717) is 5.71 Å². The topological polar surface area (TPSA) is 51.8 Å². The number of hydrogen-bond acceptors (Lipinski definition) is 5. The fourth-order valence-corrected chi connectivity index (χ4v) is 5.08. The SMILES string of the molecule is Cc1ccc2c(n1)oc1c(-c3ccc4c(C)csc4n3)[c-]ccc12.[Ir].[c-]1ccccc1-c1ccccn1. The van der Waals surface area contributed by atoms with Crippen molar-refractivity contribution in [3.05, 3.63) is 114 Å². The van der Waals surface area contributed by atoms with Gasteiger partial charge < -0.3 is 9.40 Å². The minimum Gasteiger partial charge on any atom is -0.486 e. The van der Waals surface area contributed by atoms with Crippen molar-refractivity contribution in [3.63, 3.8) is 0 Å². The van der Waals surface area contributed by atoms with Gasteiger partial charge in [0.1, 0.15) is 4.83 Å². The summed E-state index contributed by atoms with van der Waals surface area (Å²) in [5.74, 6) is 0. The fraction of sp³-hybridized carbons (Fsp3) is 0.0645. The predicted molar refractivity (Wildman–Crippen MR) is 147 cm³/mol. The quantitative estimate of drug-likeness (QED) is 0.173. The first-order chi connectivity index (χ1) is 17.7. The average Bonchev–Trinajstić information content (AvgIpc) is 3.49. The molecular formula is C31H21IrN3OS-2. The minimum absolute atomic E-state index is 0. The molecule has 0 aliphatic heterocycles. The van der Waals surface area contributed by atoms with Gasteiger partial charge >= 0.3 is 0 Å². The van der Waals surface area contributed by atoms with Crippen LogP contribution in [0.5, 0.6) is 0 Å². The predicted octanol–water partition coefficient (Wildman–Crippen LogP) is 8.22. The van der Waals surface area contributed by atoms with Crippen LogP contribution in [-0.4, -0.2) is 15.0 Å². The summed E-state index contributed by atoms with van der Waals surface area (Å²) < 4.78 is 6.06. The van der Waals surface area contributed by atoms with Gasteiger partial charge in [0.15, 0.2) is 0 Å². The molecule has 6 heteroatoms. The van der Waals surface area contributed by atoms with E-state index in [1.54, 1.807) is 17.5 Å². The van der Waals surface area contributed by atoms with Crippen molar-refractivity contribution in [1.82, 2.24) is 15.0 Å². The summed E-state index contributed by atoms with van der Waals surface area (Å²) in [6.07, 6.45) is 1.79.